The third-order valence-electron chi connectivity index (χ3n) is 4.47. The van der Waals surface area contributed by atoms with Gasteiger partial charge in [0.1, 0.15) is 0 Å². The lowest BCUT2D eigenvalue weighted by Crippen LogP contribution is -2.47. The number of carbonyl (C=O) groups is 2. The van der Waals surface area contributed by atoms with Gasteiger partial charge in [-0.3, -0.25) is 0 Å². The van der Waals surface area contributed by atoms with Gasteiger partial charge in [0.25, 0.3) is 0 Å². The van der Waals surface area contributed by atoms with Gasteiger partial charge in [-0.15, -0.1) is 0 Å². The first-order valence-corrected chi connectivity index (χ1v) is 9.08. The summed E-state index contributed by atoms with van der Waals surface area (Å²) in [6.45, 7) is 5.01. The standard InChI is InChI=1S/C20H25N5O4/c1-12(10-21)25(13(2)11-22)18-5-3-16(4-6-18)23-24-17-8-14(19(26)27)7-15(9-17)20(28)29/h3-9,12-13H,10-11,21-22H2,1-2H3,(H,26,27)(H,28,29). The summed E-state index contributed by atoms with van der Waals surface area (Å²) in [6.07, 6.45) is 0. The average molecular weight is 399 g/mol. The number of nitrogens with zero attached hydrogens (tertiary/aromatic N) is 3. The highest BCUT2D eigenvalue weighted by Gasteiger charge is 2.18. The highest BCUT2D eigenvalue weighted by Crippen LogP contribution is 2.26. The minimum absolute atomic E-state index is 0.106. The third kappa shape index (κ3) is 5.59. The number of rotatable bonds is 9. The molecule has 2 aromatic carbocycles. The molecule has 29 heavy (non-hydrogen) atoms. The van der Waals surface area contributed by atoms with Crippen molar-refractivity contribution in [2.75, 3.05) is 18.0 Å². The molecule has 0 amide bonds. The molecule has 0 aliphatic carbocycles. The summed E-state index contributed by atoms with van der Waals surface area (Å²) in [7, 11) is 0. The summed E-state index contributed by atoms with van der Waals surface area (Å²) in [4.78, 5) is 24.5. The number of carboxylic acids is 2. The molecule has 2 atom stereocenters. The average Bonchev–Trinajstić information content (AvgIpc) is 2.72. The van der Waals surface area contributed by atoms with Crippen molar-refractivity contribution < 1.29 is 19.8 Å². The molecule has 0 aliphatic rings. The van der Waals surface area contributed by atoms with Crippen LogP contribution in [0.2, 0.25) is 0 Å². The second-order valence-electron chi connectivity index (χ2n) is 6.67. The van der Waals surface area contributed by atoms with Gasteiger partial charge >= 0.3 is 11.9 Å². The first-order valence-electron chi connectivity index (χ1n) is 9.08. The molecule has 154 valence electrons. The molecule has 6 N–H and O–H groups in total. The zero-order valence-electron chi connectivity index (χ0n) is 16.3. The number of azo groups is 1. The normalized spacial score (nSPS) is 13.2. The van der Waals surface area contributed by atoms with Crippen LogP contribution in [0.5, 0.6) is 0 Å². The van der Waals surface area contributed by atoms with Crippen LogP contribution in [-0.2, 0) is 0 Å². The molecular weight excluding hydrogens is 374 g/mol. The topological polar surface area (TPSA) is 155 Å². The van der Waals surface area contributed by atoms with Crippen molar-refractivity contribution in [3.8, 4) is 0 Å². The number of carboxylic acid groups (broad SMARTS) is 2. The van der Waals surface area contributed by atoms with Crippen molar-refractivity contribution in [1.82, 2.24) is 0 Å². The van der Waals surface area contributed by atoms with Crippen LogP contribution in [0.4, 0.5) is 17.1 Å². The molecule has 2 aromatic rings. The van der Waals surface area contributed by atoms with Crippen LogP contribution in [0.25, 0.3) is 0 Å². The maximum absolute atomic E-state index is 11.2. The van der Waals surface area contributed by atoms with E-state index in [1.54, 1.807) is 12.1 Å². The molecule has 0 spiro atoms. The van der Waals surface area contributed by atoms with Gasteiger partial charge in [-0.05, 0) is 56.3 Å². The van der Waals surface area contributed by atoms with E-state index in [0.29, 0.717) is 18.8 Å². The predicted molar refractivity (Wildman–Crippen MR) is 110 cm³/mol. The Hall–Kier alpha value is -3.30. The van der Waals surface area contributed by atoms with Gasteiger partial charge in [0.05, 0.1) is 22.5 Å². The maximum atomic E-state index is 11.2. The quantitative estimate of drug-likeness (QED) is 0.472. The SMILES string of the molecule is CC(CN)N(c1ccc(N=Nc2cc(C(=O)O)cc(C(=O)O)c2)cc1)C(C)CN. The van der Waals surface area contributed by atoms with Crippen molar-refractivity contribution in [3.05, 3.63) is 53.6 Å². The van der Waals surface area contributed by atoms with Crippen LogP contribution in [0.3, 0.4) is 0 Å². The molecule has 0 heterocycles. The van der Waals surface area contributed by atoms with Crippen LogP contribution < -0.4 is 16.4 Å². The summed E-state index contributed by atoms with van der Waals surface area (Å²) in [6, 6.07) is 11.1. The number of anilines is 1. The number of benzene rings is 2. The van der Waals surface area contributed by atoms with E-state index < -0.39 is 11.9 Å². The minimum Gasteiger partial charge on any atom is -0.478 e. The van der Waals surface area contributed by atoms with Gasteiger partial charge in [-0.2, -0.15) is 10.2 Å². The van der Waals surface area contributed by atoms with Gasteiger partial charge in [0, 0.05) is 30.9 Å². The van der Waals surface area contributed by atoms with E-state index >= 15 is 0 Å². The first kappa shape index (κ1) is 22.0. The Morgan fingerprint density at radius 3 is 1.72 bits per heavy atom. The van der Waals surface area contributed by atoms with Crippen LogP contribution in [0.15, 0.2) is 52.7 Å². The van der Waals surface area contributed by atoms with Gasteiger partial charge in [0.2, 0.25) is 0 Å². The van der Waals surface area contributed by atoms with E-state index in [9.17, 15) is 9.59 Å². The Morgan fingerprint density at radius 1 is 0.862 bits per heavy atom. The summed E-state index contributed by atoms with van der Waals surface area (Å²) in [5, 5.41) is 26.3. The molecule has 9 nitrogen and oxygen atoms in total. The lowest BCUT2D eigenvalue weighted by atomic mass is 10.1. The second-order valence-corrected chi connectivity index (χ2v) is 6.67. The van der Waals surface area contributed by atoms with Crippen molar-refractivity contribution in [1.29, 1.82) is 0 Å². The summed E-state index contributed by atoms with van der Waals surface area (Å²) in [5.41, 5.74) is 12.9. The lowest BCUT2D eigenvalue weighted by molar-refractivity contribution is 0.0696. The second kappa shape index (κ2) is 9.76. The van der Waals surface area contributed by atoms with E-state index in [2.05, 4.69) is 15.1 Å². The molecule has 9 heteroatoms. The van der Waals surface area contributed by atoms with Gasteiger partial charge in [0.15, 0.2) is 0 Å². The maximum Gasteiger partial charge on any atom is 0.335 e. The summed E-state index contributed by atoms with van der Waals surface area (Å²) >= 11 is 0. The Kier molecular flexibility index (Phi) is 7.40. The Labute approximate surface area is 168 Å². The molecular formula is C20H25N5O4. The first-order chi connectivity index (χ1) is 13.8. The largest absolute Gasteiger partial charge is 0.478 e. The van der Waals surface area contributed by atoms with Gasteiger partial charge in [-0.1, -0.05) is 0 Å². The van der Waals surface area contributed by atoms with Crippen LogP contribution >= 0.6 is 0 Å². The zero-order valence-corrected chi connectivity index (χ0v) is 16.3. The summed E-state index contributed by atoms with van der Waals surface area (Å²) < 4.78 is 0. The molecule has 0 saturated carbocycles. The third-order valence-corrected chi connectivity index (χ3v) is 4.47. The highest BCUT2D eigenvalue weighted by molar-refractivity contribution is 5.95. The zero-order chi connectivity index (χ0) is 21.6. The highest BCUT2D eigenvalue weighted by atomic mass is 16.4. The molecule has 0 saturated heterocycles. The molecule has 0 fully saturated rings. The number of aromatic carboxylic acids is 2. The van der Waals surface area contributed by atoms with Crippen molar-refractivity contribution >= 4 is 29.0 Å². The monoisotopic (exact) mass is 399 g/mol. The predicted octanol–water partition coefficient (Wildman–Crippen LogP) is 3.00. The fourth-order valence-electron chi connectivity index (χ4n) is 2.89. The van der Waals surface area contributed by atoms with Gasteiger partial charge in [-0.25, -0.2) is 9.59 Å². The number of nitrogens with two attached hydrogens (primary N) is 2. The van der Waals surface area contributed by atoms with Crippen LogP contribution in [-0.4, -0.2) is 47.3 Å². The molecule has 2 rings (SSSR count). The molecule has 2 unspecified atom stereocenters. The minimum atomic E-state index is -1.24. The lowest BCUT2D eigenvalue weighted by Gasteiger charge is -2.35. The molecule has 0 aliphatic heterocycles. The number of hydrogen-bond donors (Lipinski definition) is 4. The molecule has 0 radical (unpaired) electrons. The van der Waals surface area contributed by atoms with E-state index in [4.69, 9.17) is 21.7 Å². The van der Waals surface area contributed by atoms with Crippen molar-refractivity contribution in [2.24, 2.45) is 21.7 Å². The van der Waals surface area contributed by atoms with E-state index in [0.717, 1.165) is 11.8 Å². The fraction of sp³-hybridized carbons (Fsp3) is 0.300. The van der Waals surface area contributed by atoms with E-state index in [1.165, 1.54) is 12.1 Å². The van der Waals surface area contributed by atoms with E-state index in [1.807, 2.05) is 26.0 Å². The Bertz CT molecular complexity index is 856. The van der Waals surface area contributed by atoms with E-state index in [-0.39, 0.29) is 28.9 Å². The van der Waals surface area contributed by atoms with Crippen molar-refractivity contribution in [2.45, 2.75) is 25.9 Å². The fourth-order valence-corrected chi connectivity index (χ4v) is 2.89. The van der Waals surface area contributed by atoms with Crippen molar-refractivity contribution in [3.63, 3.8) is 0 Å². The van der Waals surface area contributed by atoms with Gasteiger partial charge < -0.3 is 26.6 Å². The Balaban J connectivity index is 2.28. The smallest absolute Gasteiger partial charge is 0.335 e. The molecule has 0 bridgehead atoms. The van der Waals surface area contributed by atoms with Crippen LogP contribution in [0, 0.1) is 0 Å². The van der Waals surface area contributed by atoms with Crippen LogP contribution in [0.1, 0.15) is 34.6 Å². The summed E-state index contributed by atoms with van der Waals surface area (Å²) in [5.74, 6) is -2.48. The Morgan fingerprint density at radius 2 is 1.31 bits per heavy atom. The molecule has 0 aromatic heterocycles. The number of hydrogen-bond acceptors (Lipinski definition) is 7.